The molecule has 0 fully saturated rings. The van der Waals surface area contributed by atoms with Crippen LogP contribution in [0.3, 0.4) is 0 Å². The number of benzene rings is 2. The van der Waals surface area contributed by atoms with E-state index in [1.807, 2.05) is 25.1 Å². The molecule has 2 aromatic carbocycles. The summed E-state index contributed by atoms with van der Waals surface area (Å²) in [4.78, 5) is 12.0. The van der Waals surface area contributed by atoms with Crippen LogP contribution in [-0.4, -0.2) is 12.1 Å². The van der Waals surface area contributed by atoms with Gasteiger partial charge in [-0.1, -0.05) is 55.8 Å². The van der Waals surface area contributed by atoms with Crippen LogP contribution in [0, 0.1) is 6.92 Å². The molecule has 2 aromatic rings. The fourth-order valence-electron chi connectivity index (χ4n) is 1.93. The molecule has 0 aliphatic rings. The van der Waals surface area contributed by atoms with Crippen LogP contribution in [0.4, 0.5) is 0 Å². The smallest absolute Gasteiger partial charge is 0.267 e. The topological polar surface area (TPSA) is 41.5 Å². The van der Waals surface area contributed by atoms with Gasteiger partial charge in [0.15, 0.2) is 0 Å². The normalized spacial score (nSPS) is 11.1. The van der Waals surface area contributed by atoms with Crippen molar-refractivity contribution in [2.75, 3.05) is 0 Å². The van der Waals surface area contributed by atoms with E-state index in [1.54, 1.807) is 18.3 Å². The highest BCUT2D eigenvalue weighted by molar-refractivity contribution is 6.31. The lowest BCUT2D eigenvalue weighted by Gasteiger charge is -2.04. The van der Waals surface area contributed by atoms with Gasteiger partial charge >= 0.3 is 0 Å². The van der Waals surface area contributed by atoms with Gasteiger partial charge in [-0.05, 0) is 41.7 Å². The summed E-state index contributed by atoms with van der Waals surface area (Å²) in [6.07, 6.45) is 1.62. The van der Waals surface area contributed by atoms with Crippen LogP contribution in [0.1, 0.15) is 46.8 Å². The maximum Gasteiger partial charge on any atom is 0.271 e. The summed E-state index contributed by atoms with van der Waals surface area (Å²) in [5, 5.41) is 4.55. The van der Waals surface area contributed by atoms with E-state index < -0.39 is 0 Å². The summed E-state index contributed by atoms with van der Waals surface area (Å²) in [6.45, 7) is 6.19. The van der Waals surface area contributed by atoms with E-state index in [-0.39, 0.29) is 5.91 Å². The number of hydrogen-bond donors (Lipinski definition) is 1. The fourth-order valence-corrected chi connectivity index (χ4v) is 2.11. The molecule has 0 saturated heterocycles. The van der Waals surface area contributed by atoms with E-state index in [0.717, 1.165) is 11.1 Å². The standard InChI is InChI=1S/C18H19ClN2O/c1-12(2)15-8-5-14(6-9-15)11-20-21-18(22)16-7-4-13(3)17(19)10-16/h4-12H,1-3H3,(H,21,22)/b20-11-. The van der Waals surface area contributed by atoms with Gasteiger partial charge in [-0.2, -0.15) is 5.10 Å². The Morgan fingerprint density at radius 2 is 1.86 bits per heavy atom. The van der Waals surface area contributed by atoms with Crippen LogP contribution < -0.4 is 5.43 Å². The number of hydrazone groups is 1. The third-order valence-electron chi connectivity index (χ3n) is 3.42. The van der Waals surface area contributed by atoms with Gasteiger partial charge in [0.2, 0.25) is 0 Å². The SMILES string of the molecule is Cc1ccc(C(=O)N/N=C\c2ccc(C(C)C)cc2)cc1Cl. The molecule has 22 heavy (non-hydrogen) atoms. The Bertz CT molecular complexity index is 691. The predicted molar refractivity (Wildman–Crippen MR) is 91.8 cm³/mol. The molecule has 0 unspecified atom stereocenters. The van der Waals surface area contributed by atoms with Crippen LogP contribution in [0.15, 0.2) is 47.6 Å². The van der Waals surface area contributed by atoms with E-state index in [1.165, 1.54) is 5.56 Å². The minimum Gasteiger partial charge on any atom is -0.267 e. The number of halogens is 1. The largest absolute Gasteiger partial charge is 0.271 e. The van der Waals surface area contributed by atoms with Crippen LogP contribution in [-0.2, 0) is 0 Å². The molecular formula is C18H19ClN2O. The summed E-state index contributed by atoms with van der Waals surface area (Å²) in [5.41, 5.74) is 6.14. The Morgan fingerprint density at radius 3 is 2.45 bits per heavy atom. The number of carbonyl (C=O) groups is 1. The average Bonchev–Trinajstić information content (AvgIpc) is 2.50. The van der Waals surface area contributed by atoms with Gasteiger partial charge in [-0.15, -0.1) is 0 Å². The van der Waals surface area contributed by atoms with Crippen molar-refractivity contribution in [1.29, 1.82) is 0 Å². The van der Waals surface area contributed by atoms with Crippen molar-refractivity contribution in [1.82, 2.24) is 5.43 Å². The summed E-state index contributed by atoms with van der Waals surface area (Å²) in [6, 6.07) is 13.3. The van der Waals surface area contributed by atoms with E-state index in [9.17, 15) is 4.79 Å². The van der Waals surface area contributed by atoms with Gasteiger partial charge in [0.25, 0.3) is 5.91 Å². The highest BCUT2D eigenvalue weighted by Crippen LogP contribution is 2.16. The van der Waals surface area contributed by atoms with Gasteiger partial charge in [0, 0.05) is 10.6 Å². The first-order valence-electron chi connectivity index (χ1n) is 7.17. The molecule has 0 radical (unpaired) electrons. The number of amides is 1. The van der Waals surface area contributed by atoms with Crippen molar-refractivity contribution in [2.24, 2.45) is 5.10 Å². The fraction of sp³-hybridized carbons (Fsp3) is 0.222. The first-order chi connectivity index (χ1) is 10.5. The molecule has 0 aliphatic heterocycles. The van der Waals surface area contributed by atoms with Crippen molar-refractivity contribution in [3.63, 3.8) is 0 Å². The first kappa shape index (κ1) is 16.2. The monoisotopic (exact) mass is 314 g/mol. The van der Waals surface area contributed by atoms with Crippen LogP contribution in [0.2, 0.25) is 5.02 Å². The second-order valence-corrected chi connectivity index (χ2v) is 5.89. The summed E-state index contributed by atoms with van der Waals surface area (Å²) in [5.74, 6) is 0.217. The van der Waals surface area contributed by atoms with Crippen LogP contribution in [0.25, 0.3) is 0 Å². The zero-order chi connectivity index (χ0) is 16.1. The maximum absolute atomic E-state index is 12.0. The molecule has 0 heterocycles. The maximum atomic E-state index is 12.0. The Balaban J connectivity index is 1.99. The zero-order valence-corrected chi connectivity index (χ0v) is 13.7. The molecular weight excluding hydrogens is 296 g/mol. The first-order valence-corrected chi connectivity index (χ1v) is 7.54. The molecule has 0 aliphatic carbocycles. The quantitative estimate of drug-likeness (QED) is 0.653. The van der Waals surface area contributed by atoms with Gasteiger partial charge in [-0.25, -0.2) is 5.43 Å². The number of rotatable bonds is 4. The van der Waals surface area contributed by atoms with Crippen molar-refractivity contribution in [3.8, 4) is 0 Å². The van der Waals surface area contributed by atoms with E-state index >= 15 is 0 Å². The molecule has 0 bridgehead atoms. The van der Waals surface area contributed by atoms with Crippen molar-refractivity contribution in [3.05, 3.63) is 69.7 Å². The third kappa shape index (κ3) is 4.18. The van der Waals surface area contributed by atoms with Gasteiger partial charge < -0.3 is 0 Å². The molecule has 0 spiro atoms. The highest BCUT2D eigenvalue weighted by atomic mass is 35.5. The summed E-state index contributed by atoms with van der Waals surface area (Å²) in [7, 11) is 0. The van der Waals surface area contributed by atoms with Crippen LogP contribution in [0.5, 0.6) is 0 Å². The predicted octanol–water partition coefficient (Wildman–Crippen LogP) is 4.54. The number of nitrogens with zero attached hydrogens (tertiary/aromatic N) is 1. The molecule has 0 saturated carbocycles. The van der Waals surface area contributed by atoms with Gasteiger partial charge in [0.1, 0.15) is 0 Å². The number of carbonyl (C=O) groups excluding carboxylic acids is 1. The lowest BCUT2D eigenvalue weighted by molar-refractivity contribution is 0.0955. The molecule has 0 atom stereocenters. The number of nitrogens with one attached hydrogen (secondary N) is 1. The molecule has 1 amide bonds. The summed E-state index contributed by atoms with van der Waals surface area (Å²) < 4.78 is 0. The van der Waals surface area contributed by atoms with Crippen LogP contribution >= 0.6 is 11.6 Å². The second kappa shape index (κ2) is 7.23. The summed E-state index contributed by atoms with van der Waals surface area (Å²) >= 11 is 6.01. The molecule has 0 aromatic heterocycles. The Labute approximate surface area is 136 Å². The third-order valence-corrected chi connectivity index (χ3v) is 3.82. The lowest BCUT2D eigenvalue weighted by atomic mass is 10.0. The molecule has 1 N–H and O–H groups in total. The average molecular weight is 315 g/mol. The van der Waals surface area contributed by atoms with Crippen molar-refractivity contribution < 1.29 is 4.79 Å². The van der Waals surface area contributed by atoms with Gasteiger partial charge in [-0.3, -0.25) is 4.79 Å². The van der Waals surface area contributed by atoms with Crippen molar-refractivity contribution in [2.45, 2.75) is 26.7 Å². The molecule has 2 rings (SSSR count). The van der Waals surface area contributed by atoms with Crippen molar-refractivity contribution >= 4 is 23.7 Å². The number of hydrogen-bond acceptors (Lipinski definition) is 2. The Morgan fingerprint density at radius 1 is 1.18 bits per heavy atom. The highest BCUT2D eigenvalue weighted by Gasteiger charge is 2.06. The number of aryl methyl sites for hydroxylation is 1. The lowest BCUT2D eigenvalue weighted by Crippen LogP contribution is -2.17. The zero-order valence-electron chi connectivity index (χ0n) is 12.9. The van der Waals surface area contributed by atoms with E-state index in [2.05, 4.69) is 36.5 Å². The molecule has 4 heteroatoms. The Kier molecular flexibility index (Phi) is 5.34. The van der Waals surface area contributed by atoms with Gasteiger partial charge in [0.05, 0.1) is 6.21 Å². The minimum atomic E-state index is -0.281. The Hall–Kier alpha value is -2.13. The molecule has 114 valence electrons. The molecule has 3 nitrogen and oxygen atoms in total. The van der Waals surface area contributed by atoms with E-state index in [0.29, 0.717) is 16.5 Å². The minimum absolute atomic E-state index is 0.281. The van der Waals surface area contributed by atoms with E-state index in [4.69, 9.17) is 11.6 Å². The second-order valence-electron chi connectivity index (χ2n) is 5.48.